The second kappa shape index (κ2) is 4.13. The van der Waals surface area contributed by atoms with Gasteiger partial charge in [-0.25, -0.2) is 4.79 Å². The third-order valence-corrected chi connectivity index (χ3v) is 3.70. The van der Waals surface area contributed by atoms with Crippen LogP contribution in [-0.4, -0.2) is 21.3 Å². The van der Waals surface area contributed by atoms with E-state index in [-0.39, 0.29) is 5.69 Å². The smallest absolute Gasteiger partial charge is 0.353 e. The van der Waals surface area contributed by atoms with Crippen molar-refractivity contribution < 1.29 is 18.7 Å². The summed E-state index contributed by atoms with van der Waals surface area (Å²) in [6, 6.07) is 4.92. The van der Waals surface area contributed by atoms with Crippen molar-refractivity contribution in [2.45, 2.75) is 0 Å². The van der Waals surface area contributed by atoms with Gasteiger partial charge >= 0.3 is 5.97 Å². The molecule has 104 valence electrons. The molecule has 0 unspecified atom stereocenters. The van der Waals surface area contributed by atoms with E-state index in [1.165, 1.54) is 18.6 Å². The van der Waals surface area contributed by atoms with E-state index in [0.29, 0.717) is 38.2 Å². The molecule has 3 heterocycles. The first-order valence-electron chi connectivity index (χ1n) is 6.01. The molecule has 0 aliphatic heterocycles. The minimum absolute atomic E-state index is 0.00342. The number of nitrogens with one attached hydrogen (secondary N) is 1. The van der Waals surface area contributed by atoms with Gasteiger partial charge in [-0.05, 0) is 18.2 Å². The summed E-state index contributed by atoms with van der Waals surface area (Å²) in [5.74, 6) is -1.08. The molecule has 0 amide bonds. The van der Waals surface area contributed by atoms with Crippen molar-refractivity contribution >= 4 is 39.5 Å². The number of rotatable bonds is 2. The molecule has 0 atom stereocenters. The summed E-state index contributed by atoms with van der Waals surface area (Å²) in [5.41, 5.74) is 2.15. The van der Waals surface area contributed by atoms with Gasteiger partial charge in [0.05, 0.1) is 28.8 Å². The van der Waals surface area contributed by atoms with Crippen molar-refractivity contribution in [3.63, 3.8) is 0 Å². The normalized spacial score (nSPS) is 11.5. The number of furan rings is 2. The Balaban J connectivity index is 2.13. The Bertz CT molecular complexity index is 943. The Labute approximate surface area is 121 Å². The highest BCUT2D eigenvalue weighted by Gasteiger charge is 2.21. The molecule has 0 aliphatic carbocycles. The maximum absolute atomic E-state index is 11.0. The first kappa shape index (κ1) is 12.0. The molecule has 4 aromatic rings. The summed E-state index contributed by atoms with van der Waals surface area (Å²) in [4.78, 5) is 11.0. The predicted molar refractivity (Wildman–Crippen MR) is 75.5 cm³/mol. The minimum atomic E-state index is -1.08. The molecule has 4 rings (SSSR count). The molecule has 6 nitrogen and oxygen atoms in total. The van der Waals surface area contributed by atoms with Crippen molar-refractivity contribution in [2.24, 2.45) is 0 Å². The molecule has 0 aliphatic rings. The van der Waals surface area contributed by atoms with Gasteiger partial charge in [-0.2, -0.15) is 5.10 Å². The zero-order valence-corrected chi connectivity index (χ0v) is 11.1. The SMILES string of the molecule is O=C(O)c1cc(-c2c3ccoc3c(Cl)c3ccoc23)n[nH]1. The van der Waals surface area contributed by atoms with Crippen LogP contribution >= 0.6 is 11.6 Å². The monoisotopic (exact) mass is 302 g/mol. The molecule has 1 aromatic carbocycles. The fraction of sp³-hybridized carbons (Fsp3) is 0. The fourth-order valence-corrected chi connectivity index (χ4v) is 2.71. The Hall–Kier alpha value is -2.73. The van der Waals surface area contributed by atoms with Gasteiger partial charge in [0.2, 0.25) is 0 Å². The van der Waals surface area contributed by atoms with Crippen LogP contribution in [0, 0.1) is 0 Å². The fourth-order valence-electron chi connectivity index (χ4n) is 2.41. The Kier molecular flexibility index (Phi) is 2.37. The van der Waals surface area contributed by atoms with Gasteiger partial charge in [0, 0.05) is 10.8 Å². The Morgan fingerprint density at radius 1 is 1.19 bits per heavy atom. The van der Waals surface area contributed by atoms with E-state index in [9.17, 15) is 4.79 Å². The van der Waals surface area contributed by atoms with Gasteiger partial charge in [-0.15, -0.1) is 0 Å². The van der Waals surface area contributed by atoms with Crippen molar-refractivity contribution in [2.75, 3.05) is 0 Å². The van der Waals surface area contributed by atoms with Crippen LogP contribution in [0.1, 0.15) is 10.5 Å². The Morgan fingerprint density at radius 3 is 2.62 bits per heavy atom. The van der Waals surface area contributed by atoms with E-state index in [1.807, 2.05) is 0 Å². The van der Waals surface area contributed by atoms with Crippen molar-refractivity contribution in [1.29, 1.82) is 0 Å². The van der Waals surface area contributed by atoms with Crippen LogP contribution in [0.5, 0.6) is 0 Å². The van der Waals surface area contributed by atoms with E-state index < -0.39 is 5.97 Å². The number of nitrogens with zero attached hydrogens (tertiary/aromatic N) is 1. The Morgan fingerprint density at radius 2 is 1.90 bits per heavy atom. The van der Waals surface area contributed by atoms with Gasteiger partial charge in [0.1, 0.15) is 11.3 Å². The number of carbonyl (C=O) groups is 1. The highest BCUT2D eigenvalue weighted by atomic mass is 35.5. The van der Waals surface area contributed by atoms with Crippen molar-refractivity contribution in [3.05, 3.63) is 41.4 Å². The van der Waals surface area contributed by atoms with Gasteiger partial charge in [-0.3, -0.25) is 5.10 Å². The quantitative estimate of drug-likeness (QED) is 0.585. The molecule has 0 bridgehead atoms. The minimum Gasteiger partial charge on any atom is -0.477 e. The standard InChI is InChI=1S/C14H7ClN2O4/c15-11-7-2-4-20-12(7)10(6-1-3-21-13(6)11)8-5-9(14(18)19)17-16-8/h1-5H,(H,16,17)(H,18,19). The molecule has 0 radical (unpaired) electrons. The molecule has 3 aromatic heterocycles. The molecule has 0 saturated carbocycles. The first-order chi connectivity index (χ1) is 10.2. The highest BCUT2D eigenvalue weighted by molar-refractivity contribution is 6.41. The van der Waals surface area contributed by atoms with Crippen molar-refractivity contribution in [1.82, 2.24) is 10.2 Å². The average Bonchev–Trinajstić information content (AvgIpc) is 3.19. The van der Waals surface area contributed by atoms with E-state index in [2.05, 4.69) is 10.2 Å². The number of H-pyrrole nitrogens is 1. The topological polar surface area (TPSA) is 92.3 Å². The second-order valence-electron chi connectivity index (χ2n) is 4.49. The predicted octanol–water partition coefficient (Wildman–Crippen LogP) is 3.92. The largest absolute Gasteiger partial charge is 0.477 e. The number of aromatic amines is 1. The number of hydrogen-bond donors (Lipinski definition) is 2. The van der Waals surface area contributed by atoms with E-state index in [0.717, 1.165) is 0 Å². The number of carboxylic acid groups (broad SMARTS) is 1. The number of benzene rings is 1. The number of aromatic nitrogens is 2. The van der Waals surface area contributed by atoms with E-state index in [4.69, 9.17) is 25.5 Å². The molecular formula is C14H7ClN2O4. The lowest BCUT2D eigenvalue weighted by Crippen LogP contribution is -1.95. The lowest BCUT2D eigenvalue weighted by Gasteiger charge is -2.03. The number of aromatic carboxylic acids is 1. The van der Waals surface area contributed by atoms with Gasteiger partial charge < -0.3 is 13.9 Å². The maximum atomic E-state index is 11.0. The second-order valence-corrected chi connectivity index (χ2v) is 4.87. The van der Waals surface area contributed by atoms with Crippen LogP contribution in [-0.2, 0) is 0 Å². The third kappa shape index (κ3) is 1.59. The first-order valence-corrected chi connectivity index (χ1v) is 6.39. The third-order valence-electron chi connectivity index (χ3n) is 3.33. The van der Waals surface area contributed by atoms with E-state index in [1.54, 1.807) is 12.1 Å². The summed E-state index contributed by atoms with van der Waals surface area (Å²) in [6.07, 6.45) is 3.04. The molecule has 0 fully saturated rings. The molecule has 7 heteroatoms. The highest BCUT2D eigenvalue weighted by Crippen LogP contribution is 2.41. The summed E-state index contributed by atoms with van der Waals surface area (Å²) < 4.78 is 10.9. The summed E-state index contributed by atoms with van der Waals surface area (Å²) in [6.45, 7) is 0. The number of fused-ring (bicyclic) bond motifs is 2. The summed E-state index contributed by atoms with van der Waals surface area (Å²) in [5, 5.41) is 17.4. The van der Waals surface area contributed by atoms with Gasteiger partial charge in [0.15, 0.2) is 5.58 Å². The summed E-state index contributed by atoms with van der Waals surface area (Å²) >= 11 is 6.30. The summed E-state index contributed by atoms with van der Waals surface area (Å²) in [7, 11) is 0. The van der Waals surface area contributed by atoms with Crippen LogP contribution < -0.4 is 0 Å². The van der Waals surface area contributed by atoms with Crippen LogP contribution in [0.4, 0.5) is 0 Å². The van der Waals surface area contributed by atoms with Crippen molar-refractivity contribution in [3.8, 4) is 11.3 Å². The zero-order valence-electron chi connectivity index (χ0n) is 10.4. The molecule has 2 N–H and O–H groups in total. The van der Waals surface area contributed by atoms with E-state index >= 15 is 0 Å². The zero-order chi connectivity index (χ0) is 14.6. The lowest BCUT2D eigenvalue weighted by atomic mass is 10.0. The number of carboxylic acids is 1. The molecule has 21 heavy (non-hydrogen) atoms. The maximum Gasteiger partial charge on any atom is 0.353 e. The van der Waals surface area contributed by atoms with Gasteiger partial charge in [0.25, 0.3) is 0 Å². The van der Waals surface area contributed by atoms with Crippen LogP contribution in [0.2, 0.25) is 5.02 Å². The number of halogens is 1. The molecule has 0 saturated heterocycles. The number of hydrogen-bond acceptors (Lipinski definition) is 4. The average molecular weight is 303 g/mol. The van der Waals surface area contributed by atoms with Gasteiger partial charge in [-0.1, -0.05) is 11.6 Å². The van der Waals surface area contributed by atoms with Crippen LogP contribution in [0.25, 0.3) is 33.2 Å². The van der Waals surface area contributed by atoms with Crippen LogP contribution in [0.3, 0.4) is 0 Å². The molecular weight excluding hydrogens is 296 g/mol. The lowest BCUT2D eigenvalue weighted by molar-refractivity contribution is 0.0690. The molecule has 0 spiro atoms. The van der Waals surface area contributed by atoms with Crippen LogP contribution in [0.15, 0.2) is 39.6 Å².